The summed E-state index contributed by atoms with van der Waals surface area (Å²) in [4.78, 5) is 0. The van der Waals surface area contributed by atoms with Gasteiger partial charge in [0.2, 0.25) is 10.0 Å². The Morgan fingerprint density at radius 1 is 1.39 bits per heavy atom. The van der Waals surface area contributed by atoms with Crippen molar-refractivity contribution < 1.29 is 13.6 Å². The average Bonchev–Trinajstić information content (AvgIpc) is 2.12. The van der Waals surface area contributed by atoms with Crippen LogP contribution in [0.5, 0.6) is 0 Å². The molecule has 0 atom stereocenters. The monoisotopic (exact) mass is 279 g/mol. The molecule has 0 saturated carbocycles. The molecule has 0 aromatic heterocycles. The Morgan fingerprint density at radius 3 is 2.22 bits per heavy atom. The van der Waals surface area contributed by atoms with Gasteiger partial charge in [0.15, 0.2) is 0 Å². The van der Waals surface area contributed by atoms with E-state index in [9.17, 15) is 8.42 Å². The molecule has 0 heterocycles. The molecular weight excluding hydrogens is 254 g/mol. The molecule has 0 aliphatic carbocycles. The maximum absolute atomic E-state index is 12.3. The fourth-order valence-corrected chi connectivity index (χ4v) is 3.90. The first-order valence-corrected chi connectivity index (χ1v) is 7.56. The molecule has 0 amide bonds. The highest BCUT2D eigenvalue weighted by molar-refractivity contribution is 7.89. The Kier molecular flexibility index (Phi) is 6.09. The molecule has 0 aromatic rings. The van der Waals surface area contributed by atoms with E-state index in [1.165, 1.54) is 4.31 Å². The van der Waals surface area contributed by atoms with Gasteiger partial charge in [0.25, 0.3) is 0 Å². The van der Waals surface area contributed by atoms with E-state index in [0.29, 0.717) is 0 Å². The van der Waals surface area contributed by atoms with Gasteiger partial charge in [-0.25, -0.2) is 8.42 Å². The number of sulfonamides is 1. The van der Waals surface area contributed by atoms with Gasteiger partial charge in [-0.2, -0.15) is 4.31 Å². The fraction of sp³-hybridized carbons (Fsp3) is 0.909. The van der Waals surface area contributed by atoms with E-state index in [0.717, 1.165) is 0 Å². The molecule has 0 saturated heterocycles. The van der Waals surface area contributed by atoms with Crippen molar-refractivity contribution in [3.8, 4) is 0 Å². The number of nitrogens with two attached hydrogens (primary N) is 1. The van der Waals surface area contributed by atoms with Crippen molar-refractivity contribution in [2.45, 2.75) is 47.1 Å². The quantitative estimate of drug-likeness (QED) is 0.330. The molecule has 0 bridgehead atoms. The molecule has 0 unspecified atom stereocenters. The first kappa shape index (κ1) is 17.2. The van der Waals surface area contributed by atoms with Crippen molar-refractivity contribution in [1.82, 2.24) is 4.31 Å². The number of rotatable bonds is 6. The Balaban J connectivity index is 4.90. The van der Waals surface area contributed by atoms with Gasteiger partial charge in [-0.3, -0.25) is 0 Å². The predicted octanol–water partition coefficient (Wildman–Crippen LogP) is 1.21. The van der Waals surface area contributed by atoms with Gasteiger partial charge in [0, 0.05) is 19.0 Å². The molecule has 0 rings (SSSR count). The van der Waals surface area contributed by atoms with E-state index in [2.05, 4.69) is 5.16 Å². The lowest BCUT2D eigenvalue weighted by molar-refractivity contribution is 0.313. The van der Waals surface area contributed by atoms with Crippen molar-refractivity contribution in [1.29, 1.82) is 0 Å². The van der Waals surface area contributed by atoms with Crippen molar-refractivity contribution in [2.24, 2.45) is 16.3 Å². The largest absolute Gasteiger partial charge is 0.409 e. The minimum atomic E-state index is -3.34. The normalized spacial score (nSPS) is 14.5. The average molecular weight is 279 g/mol. The summed E-state index contributed by atoms with van der Waals surface area (Å²) < 4.78 is 25.9. The summed E-state index contributed by atoms with van der Waals surface area (Å²) in [7, 11) is -3.34. The Hall–Kier alpha value is -0.820. The number of hydrogen-bond donors (Lipinski definition) is 2. The summed E-state index contributed by atoms with van der Waals surface area (Å²) in [5.74, 6) is 0.112. The molecule has 7 heteroatoms. The Morgan fingerprint density at radius 2 is 1.89 bits per heavy atom. The van der Waals surface area contributed by atoms with Crippen LogP contribution in [0.25, 0.3) is 0 Å². The lowest BCUT2D eigenvalue weighted by atomic mass is 10.0. The molecule has 0 fully saturated rings. The molecule has 0 radical (unpaired) electrons. The van der Waals surface area contributed by atoms with Gasteiger partial charge in [-0.1, -0.05) is 25.9 Å². The second-order valence-electron chi connectivity index (χ2n) is 5.86. The topological polar surface area (TPSA) is 96.0 Å². The summed E-state index contributed by atoms with van der Waals surface area (Å²) in [6.07, 6.45) is 0.220. The van der Waals surface area contributed by atoms with Crippen LogP contribution < -0.4 is 5.73 Å². The van der Waals surface area contributed by atoms with Crippen molar-refractivity contribution in [3.63, 3.8) is 0 Å². The van der Waals surface area contributed by atoms with Crippen LogP contribution in [0.2, 0.25) is 0 Å². The molecule has 0 spiro atoms. The van der Waals surface area contributed by atoms with Crippen LogP contribution in [0.3, 0.4) is 0 Å². The fourth-order valence-electron chi connectivity index (χ4n) is 1.62. The third kappa shape index (κ3) is 6.20. The third-order valence-corrected chi connectivity index (χ3v) is 4.82. The number of oxime groups is 1. The molecule has 3 N–H and O–H groups in total. The summed E-state index contributed by atoms with van der Waals surface area (Å²) in [5.41, 5.74) is 5.07. The van der Waals surface area contributed by atoms with E-state index >= 15 is 0 Å². The zero-order valence-corrected chi connectivity index (χ0v) is 12.7. The van der Waals surface area contributed by atoms with Crippen molar-refractivity contribution >= 4 is 15.9 Å². The molecule has 0 aliphatic rings. The van der Waals surface area contributed by atoms with E-state index in [4.69, 9.17) is 10.9 Å². The van der Waals surface area contributed by atoms with Crippen LogP contribution in [-0.4, -0.2) is 42.1 Å². The lowest BCUT2D eigenvalue weighted by Crippen LogP contribution is -2.42. The molecule has 0 aromatic carbocycles. The van der Waals surface area contributed by atoms with Gasteiger partial charge in [0.1, 0.15) is 5.84 Å². The van der Waals surface area contributed by atoms with Crippen LogP contribution in [0, 0.1) is 5.41 Å². The number of nitrogens with zero attached hydrogens (tertiary/aromatic N) is 2. The second-order valence-corrected chi connectivity index (χ2v) is 7.78. The molecule has 0 aliphatic heterocycles. The SMILES string of the molecule is CC(C)N(CCC(N)=NO)S(=O)(=O)CC(C)(C)C. The first-order valence-electron chi connectivity index (χ1n) is 5.95. The van der Waals surface area contributed by atoms with E-state index in [1.807, 2.05) is 34.6 Å². The maximum atomic E-state index is 12.3. The van der Waals surface area contributed by atoms with Crippen molar-refractivity contribution in [3.05, 3.63) is 0 Å². The van der Waals surface area contributed by atoms with E-state index in [-0.39, 0.29) is 36.0 Å². The predicted molar refractivity (Wildman–Crippen MR) is 73.1 cm³/mol. The molecule has 18 heavy (non-hydrogen) atoms. The lowest BCUT2D eigenvalue weighted by Gasteiger charge is -2.29. The summed E-state index contributed by atoms with van der Waals surface area (Å²) in [6.45, 7) is 9.50. The van der Waals surface area contributed by atoms with Crippen LogP contribution in [0.15, 0.2) is 5.16 Å². The highest BCUT2D eigenvalue weighted by Crippen LogP contribution is 2.20. The zero-order chi connectivity index (χ0) is 14.6. The minimum Gasteiger partial charge on any atom is -0.409 e. The third-order valence-electron chi connectivity index (χ3n) is 2.27. The maximum Gasteiger partial charge on any atom is 0.214 e. The van der Waals surface area contributed by atoms with E-state index in [1.54, 1.807) is 0 Å². The Labute approximate surface area is 110 Å². The smallest absolute Gasteiger partial charge is 0.214 e. The Bertz CT molecular complexity index is 383. The number of amidine groups is 1. The van der Waals surface area contributed by atoms with Gasteiger partial charge >= 0.3 is 0 Å². The van der Waals surface area contributed by atoms with Crippen molar-refractivity contribution in [2.75, 3.05) is 12.3 Å². The van der Waals surface area contributed by atoms with Crippen LogP contribution in [-0.2, 0) is 10.0 Å². The van der Waals surface area contributed by atoms with Gasteiger partial charge in [0.05, 0.1) is 5.75 Å². The van der Waals surface area contributed by atoms with Crippen LogP contribution in [0.1, 0.15) is 41.0 Å². The molecule has 6 nitrogen and oxygen atoms in total. The number of hydrogen-bond acceptors (Lipinski definition) is 4. The minimum absolute atomic E-state index is 0.0339. The molecule has 108 valence electrons. The zero-order valence-electron chi connectivity index (χ0n) is 11.8. The summed E-state index contributed by atoms with van der Waals surface area (Å²) in [6, 6.07) is -0.149. The van der Waals surface area contributed by atoms with Gasteiger partial charge in [-0.05, 0) is 19.3 Å². The van der Waals surface area contributed by atoms with Gasteiger partial charge < -0.3 is 10.9 Å². The first-order chi connectivity index (χ1) is 7.99. The van der Waals surface area contributed by atoms with Crippen LogP contribution >= 0.6 is 0 Å². The summed E-state index contributed by atoms with van der Waals surface area (Å²) >= 11 is 0. The highest BCUT2D eigenvalue weighted by atomic mass is 32.2. The van der Waals surface area contributed by atoms with Crippen LogP contribution in [0.4, 0.5) is 0 Å². The molecular formula is C11H25N3O3S. The van der Waals surface area contributed by atoms with E-state index < -0.39 is 10.0 Å². The second kappa shape index (κ2) is 6.38. The summed E-state index contributed by atoms with van der Waals surface area (Å²) in [5, 5.41) is 11.3. The van der Waals surface area contributed by atoms with Gasteiger partial charge in [-0.15, -0.1) is 0 Å². The standard InChI is InChI=1S/C11H25N3O3S/c1-9(2)14(7-6-10(12)13-15)18(16,17)8-11(3,4)5/h9,15H,6-8H2,1-5H3,(H2,12,13). The highest BCUT2D eigenvalue weighted by Gasteiger charge is 2.29.